The van der Waals surface area contributed by atoms with E-state index in [4.69, 9.17) is 4.74 Å². The third-order valence-electron chi connectivity index (χ3n) is 2.79. The summed E-state index contributed by atoms with van der Waals surface area (Å²) in [5.41, 5.74) is 1.73. The van der Waals surface area contributed by atoms with Gasteiger partial charge in [0.2, 0.25) is 0 Å². The Kier molecular flexibility index (Phi) is 4.42. The molecule has 1 amide bonds. The van der Waals surface area contributed by atoms with Crippen molar-refractivity contribution in [2.75, 3.05) is 6.61 Å². The number of amides is 1. The number of nitrogens with zero attached hydrogens (tertiary/aromatic N) is 2. The molecule has 114 valence electrons. The molecule has 0 unspecified atom stereocenters. The number of H-pyrrole nitrogens is 1. The number of fused-ring (bicyclic) bond motifs is 1. The van der Waals surface area contributed by atoms with Crippen molar-refractivity contribution in [1.29, 1.82) is 0 Å². The van der Waals surface area contributed by atoms with Crippen LogP contribution in [0.3, 0.4) is 0 Å². The lowest BCUT2D eigenvalue weighted by molar-refractivity contribution is 0.0483. The van der Waals surface area contributed by atoms with Crippen LogP contribution in [0.25, 0.3) is 11.2 Å². The van der Waals surface area contributed by atoms with E-state index < -0.39 is 17.7 Å². The van der Waals surface area contributed by atoms with Gasteiger partial charge < -0.3 is 20.1 Å². The average molecular weight is 292 g/mol. The Balaban J connectivity index is 2.04. The number of aromatic amines is 1. The highest BCUT2D eigenvalue weighted by molar-refractivity contribution is 5.75. The molecule has 7 nitrogen and oxygen atoms in total. The molecule has 0 aromatic carbocycles. The largest absolute Gasteiger partial charge is 0.444 e. The summed E-state index contributed by atoms with van der Waals surface area (Å²) in [6.07, 6.45) is 4.88. The maximum Gasteiger partial charge on any atom is 0.407 e. The highest BCUT2D eigenvalue weighted by atomic mass is 16.6. The van der Waals surface area contributed by atoms with Crippen molar-refractivity contribution >= 4 is 17.3 Å². The van der Waals surface area contributed by atoms with Crippen molar-refractivity contribution in [2.24, 2.45) is 0 Å². The van der Waals surface area contributed by atoms with Crippen LogP contribution in [-0.4, -0.2) is 44.4 Å². The molecule has 2 aromatic heterocycles. The second kappa shape index (κ2) is 6.09. The number of alkyl carbamates (subject to hydrolysis) is 1. The maximum atomic E-state index is 11.7. The number of carbonyl (C=O) groups excluding carboxylic acids is 1. The summed E-state index contributed by atoms with van der Waals surface area (Å²) < 4.78 is 5.18. The quantitative estimate of drug-likeness (QED) is 0.790. The fourth-order valence-corrected chi connectivity index (χ4v) is 1.96. The number of aromatic nitrogens is 3. The maximum absolute atomic E-state index is 11.7. The van der Waals surface area contributed by atoms with E-state index in [-0.39, 0.29) is 6.61 Å². The number of rotatable bonds is 4. The predicted molar refractivity (Wildman–Crippen MR) is 77.8 cm³/mol. The molecule has 2 aromatic rings. The van der Waals surface area contributed by atoms with E-state index in [1.807, 2.05) is 0 Å². The molecule has 0 spiro atoms. The standard InChI is InChI=1S/C14H20N4O3/c1-14(2,3)21-13(20)18-10(8-19)6-9-7-17-12-11(9)15-4-5-16-12/h4-5,7,10,19H,6,8H2,1-3H3,(H,16,17)(H,18,20)/t10-/m0/s1. The van der Waals surface area contributed by atoms with Crippen molar-refractivity contribution in [2.45, 2.75) is 38.8 Å². The van der Waals surface area contributed by atoms with E-state index in [0.717, 1.165) is 11.1 Å². The molecule has 3 N–H and O–H groups in total. The first-order valence-corrected chi connectivity index (χ1v) is 6.76. The van der Waals surface area contributed by atoms with Gasteiger partial charge in [-0.25, -0.2) is 9.78 Å². The molecular weight excluding hydrogens is 272 g/mol. The van der Waals surface area contributed by atoms with Gasteiger partial charge in [-0.3, -0.25) is 4.98 Å². The number of aliphatic hydroxyl groups is 1. The van der Waals surface area contributed by atoms with Crippen LogP contribution in [0.5, 0.6) is 0 Å². The summed E-state index contributed by atoms with van der Waals surface area (Å²) in [5, 5.41) is 12.1. The Labute approximate surface area is 122 Å². The highest BCUT2D eigenvalue weighted by Crippen LogP contribution is 2.15. The van der Waals surface area contributed by atoms with Gasteiger partial charge in [-0.15, -0.1) is 0 Å². The van der Waals surface area contributed by atoms with Gasteiger partial charge in [0.1, 0.15) is 11.1 Å². The summed E-state index contributed by atoms with van der Waals surface area (Å²) >= 11 is 0. The van der Waals surface area contributed by atoms with Gasteiger partial charge >= 0.3 is 6.09 Å². The summed E-state index contributed by atoms with van der Waals surface area (Å²) in [7, 11) is 0. The Hall–Kier alpha value is -2.15. The first kappa shape index (κ1) is 15.2. The van der Waals surface area contributed by atoms with Crippen LogP contribution in [0.1, 0.15) is 26.3 Å². The van der Waals surface area contributed by atoms with E-state index in [0.29, 0.717) is 12.1 Å². The van der Waals surface area contributed by atoms with Gasteiger partial charge in [-0.05, 0) is 32.8 Å². The summed E-state index contributed by atoms with van der Waals surface area (Å²) in [6.45, 7) is 5.17. The lowest BCUT2D eigenvalue weighted by Gasteiger charge is -2.22. The summed E-state index contributed by atoms with van der Waals surface area (Å²) in [5.74, 6) is 0. The van der Waals surface area contributed by atoms with Crippen LogP contribution in [0.15, 0.2) is 18.6 Å². The second-order valence-corrected chi connectivity index (χ2v) is 5.80. The molecule has 21 heavy (non-hydrogen) atoms. The minimum atomic E-state index is -0.573. The average Bonchev–Trinajstić information content (AvgIpc) is 2.79. The minimum absolute atomic E-state index is 0.188. The number of hydrogen-bond acceptors (Lipinski definition) is 5. The number of hydrogen-bond donors (Lipinski definition) is 3. The molecule has 0 fully saturated rings. The van der Waals surface area contributed by atoms with Gasteiger partial charge in [0.15, 0.2) is 5.65 Å². The number of aliphatic hydroxyl groups excluding tert-OH is 1. The van der Waals surface area contributed by atoms with Gasteiger partial charge in [0.25, 0.3) is 0 Å². The van der Waals surface area contributed by atoms with E-state index >= 15 is 0 Å². The molecule has 0 saturated heterocycles. The zero-order valence-electron chi connectivity index (χ0n) is 12.4. The molecule has 2 heterocycles. The minimum Gasteiger partial charge on any atom is -0.444 e. The highest BCUT2D eigenvalue weighted by Gasteiger charge is 2.20. The molecule has 0 bridgehead atoms. The van der Waals surface area contributed by atoms with Crippen LogP contribution in [0.4, 0.5) is 4.79 Å². The molecule has 0 aliphatic rings. The van der Waals surface area contributed by atoms with Crippen LogP contribution in [0.2, 0.25) is 0 Å². The van der Waals surface area contributed by atoms with Crippen LogP contribution in [0, 0.1) is 0 Å². The molecular formula is C14H20N4O3. The van der Waals surface area contributed by atoms with Crippen molar-refractivity contribution in [3.8, 4) is 0 Å². The monoisotopic (exact) mass is 292 g/mol. The number of ether oxygens (including phenoxy) is 1. The first-order valence-electron chi connectivity index (χ1n) is 6.76. The van der Waals surface area contributed by atoms with Crippen LogP contribution < -0.4 is 5.32 Å². The molecule has 0 radical (unpaired) electrons. The topological polar surface area (TPSA) is 100 Å². The zero-order valence-corrected chi connectivity index (χ0v) is 12.4. The van der Waals surface area contributed by atoms with E-state index in [9.17, 15) is 9.90 Å². The third kappa shape index (κ3) is 4.16. The normalized spacial score (nSPS) is 13.1. The number of nitrogens with one attached hydrogen (secondary N) is 2. The van der Waals surface area contributed by atoms with E-state index in [1.54, 1.807) is 39.4 Å². The zero-order chi connectivity index (χ0) is 15.5. The second-order valence-electron chi connectivity index (χ2n) is 5.80. The van der Waals surface area contributed by atoms with E-state index in [2.05, 4.69) is 20.3 Å². The molecule has 2 rings (SSSR count). The lowest BCUT2D eigenvalue weighted by atomic mass is 10.1. The Morgan fingerprint density at radius 2 is 2.14 bits per heavy atom. The first-order chi connectivity index (χ1) is 9.89. The Bertz CT molecular complexity index is 618. The molecule has 1 atom stereocenters. The summed E-state index contributed by atoms with van der Waals surface area (Å²) in [4.78, 5) is 23.1. The van der Waals surface area contributed by atoms with Gasteiger partial charge in [0.05, 0.1) is 12.6 Å². The predicted octanol–water partition coefficient (Wildman–Crippen LogP) is 1.39. The lowest BCUT2D eigenvalue weighted by Crippen LogP contribution is -2.42. The summed E-state index contributed by atoms with van der Waals surface area (Å²) in [6, 6.07) is -0.444. The van der Waals surface area contributed by atoms with Crippen LogP contribution in [-0.2, 0) is 11.2 Å². The number of carbonyl (C=O) groups is 1. The Morgan fingerprint density at radius 1 is 1.43 bits per heavy atom. The van der Waals surface area contributed by atoms with Crippen LogP contribution >= 0.6 is 0 Å². The van der Waals surface area contributed by atoms with Gasteiger partial charge in [0, 0.05) is 18.6 Å². The Morgan fingerprint density at radius 3 is 2.81 bits per heavy atom. The van der Waals surface area contributed by atoms with Crippen molar-refractivity contribution in [1.82, 2.24) is 20.3 Å². The molecule has 0 aliphatic heterocycles. The van der Waals surface area contributed by atoms with Crippen molar-refractivity contribution in [3.63, 3.8) is 0 Å². The van der Waals surface area contributed by atoms with Crippen molar-refractivity contribution < 1.29 is 14.6 Å². The van der Waals surface area contributed by atoms with Gasteiger partial charge in [-0.2, -0.15) is 0 Å². The van der Waals surface area contributed by atoms with Crippen molar-refractivity contribution in [3.05, 3.63) is 24.2 Å². The fraction of sp³-hybridized carbons (Fsp3) is 0.500. The van der Waals surface area contributed by atoms with E-state index in [1.165, 1.54) is 0 Å². The SMILES string of the molecule is CC(C)(C)OC(=O)N[C@H](CO)Cc1c[nH]c2nccnc12. The van der Waals surface area contributed by atoms with Gasteiger partial charge in [-0.1, -0.05) is 0 Å². The smallest absolute Gasteiger partial charge is 0.407 e. The molecule has 0 saturated carbocycles. The third-order valence-corrected chi connectivity index (χ3v) is 2.79. The molecule has 0 aliphatic carbocycles. The fourth-order valence-electron chi connectivity index (χ4n) is 1.96. The molecule has 7 heteroatoms.